The summed E-state index contributed by atoms with van der Waals surface area (Å²) in [6.45, 7) is 0.0838. The van der Waals surface area contributed by atoms with E-state index in [1.807, 2.05) is 6.07 Å². The third-order valence-corrected chi connectivity index (χ3v) is 5.93. The Labute approximate surface area is 196 Å². The van der Waals surface area contributed by atoms with Crippen molar-refractivity contribution in [3.05, 3.63) is 85.0 Å². The van der Waals surface area contributed by atoms with Crippen LogP contribution in [0, 0.1) is 3.57 Å². The van der Waals surface area contributed by atoms with E-state index < -0.39 is 6.04 Å². The van der Waals surface area contributed by atoms with Crippen LogP contribution >= 0.6 is 45.8 Å². The Kier molecular flexibility index (Phi) is 5.86. The lowest BCUT2D eigenvalue weighted by atomic mass is 10.0. The summed E-state index contributed by atoms with van der Waals surface area (Å²) in [6.07, 6.45) is 0. The van der Waals surface area contributed by atoms with E-state index in [1.165, 1.54) is 4.90 Å². The van der Waals surface area contributed by atoms with Gasteiger partial charge in [0, 0.05) is 14.2 Å². The number of carbonyl (C=O) groups is 2. The van der Waals surface area contributed by atoms with Crippen LogP contribution < -0.4 is 11.1 Å². The maximum atomic E-state index is 13.6. The van der Waals surface area contributed by atoms with Crippen LogP contribution in [0.4, 0.5) is 11.5 Å². The van der Waals surface area contributed by atoms with Crippen LogP contribution in [-0.4, -0.2) is 21.7 Å². The lowest BCUT2D eigenvalue weighted by molar-refractivity contribution is -0.120. The van der Waals surface area contributed by atoms with Crippen LogP contribution in [0.5, 0.6) is 0 Å². The lowest BCUT2D eigenvalue weighted by Gasteiger charge is -2.29. The summed E-state index contributed by atoms with van der Waals surface area (Å²) < 4.78 is 0.881. The quantitative estimate of drug-likeness (QED) is 0.357. The molecule has 0 saturated carbocycles. The van der Waals surface area contributed by atoms with E-state index in [0.29, 0.717) is 27.4 Å². The highest BCUT2D eigenvalue weighted by molar-refractivity contribution is 14.1. The number of nitrogens with zero attached hydrogens (tertiary/aromatic N) is 2. The molecule has 0 fully saturated rings. The number of hydrogen-bond acceptors (Lipinski definition) is 4. The van der Waals surface area contributed by atoms with Gasteiger partial charge in [-0.25, -0.2) is 4.98 Å². The summed E-state index contributed by atoms with van der Waals surface area (Å²) in [6, 6.07) is 14.6. The van der Waals surface area contributed by atoms with Gasteiger partial charge in [-0.05, 0) is 64.6 Å². The molecule has 2 amide bonds. The van der Waals surface area contributed by atoms with E-state index in [1.54, 1.807) is 48.5 Å². The highest BCUT2D eigenvalue weighted by Crippen LogP contribution is 2.34. The molecule has 0 saturated heterocycles. The van der Waals surface area contributed by atoms with Crippen molar-refractivity contribution >= 4 is 69.1 Å². The van der Waals surface area contributed by atoms with Crippen LogP contribution in [-0.2, 0) is 11.3 Å². The van der Waals surface area contributed by atoms with E-state index >= 15 is 0 Å². The van der Waals surface area contributed by atoms with Crippen LogP contribution in [0.25, 0.3) is 0 Å². The zero-order chi connectivity index (χ0) is 21.4. The normalized spacial score (nSPS) is 16.1. The fraction of sp³-hybridized carbons (Fsp3) is 0.0952. The number of fused-ring (bicyclic) bond motifs is 1. The van der Waals surface area contributed by atoms with E-state index in [-0.39, 0.29) is 29.3 Å². The van der Waals surface area contributed by atoms with E-state index in [9.17, 15) is 9.59 Å². The average molecular weight is 553 g/mol. The average Bonchev–Trinajstić information content (AvgIpc) is 2.80. The molecule has 30 heavy (non-hydrogen) atoms. The second-order valence-electron chi connectivity index (χ2n) is 6.74. The molecule has 6 nitrogen and oxygen atoms in total. The number of aromatic nitrogens is 1. The zero-order valence-electron chi connectivity index (χ0n) is 15.4. The second-order valence-corrected chi connectivity index (χ2v) is 8.81. The van der Waals surface area contributed by atoms with Crippen LogP contribution in [0.15, 0.2) is 54.6 Å². The molecule has 1 aliphatic heterocycles. The Balaban J connectivity index is 1.85. The number of anilines is 2. The standard InChI is InChI=1S/C21H15Cl2IN4O2/c22-13-4-1-11(2-5-13)18-20(29)26-16-7-6-14(24)9-15(16)21(30)28(18)10-12-3-8-17(23)27-19(12)25/h1-9,18H,10H2,(H2,25,27)(H,26,29). The van der Waals surface area contributed by atoms with Crippen LogP contribution in [0.3, 0.4) is 0 Å². The molecule has 1 atom stereocenters. The monoisotopic (exact) mass is 552 g/mol. The fourth-order valence-electron chi connectivity index (χ4n) is 3.35. The van der Waals surface area contributed by atoms with Crippen molar-refractivity contribution in [2.75, 3.05) is 11.1 Å². The summed E-state index contributed by atoms with van der Waals surface area (Å²) in [5.41, 5.74) is 8.13. The molecular weight excluding hydrogens is 538 g/mol. The second kappa shape index (κ2) is 8.41. The molecule has 0 spiro atoms. The number of benzene rings is 2. The third kappa shape index (κ3) is 4.10. The van der Waals surface area contributed by atoms with Crippen LogP contribution in [0.2, 0.25) is 10.2 Å². The maximum Gasteiger partial charge on any atom is 0.257 e. The van der Waals surface area contributed by atoms with Gasteiger partial charge in [0.1, 0.15) is 17.0 Å². The van der Waals surface area contributed by atoms with E-state index in [4.69, 9.17) is 28.9 Å². The molecule has 3 N–H and O–H groups in total. The minimum Gasteiger partial charge on any atom is -0.383 e. The SMILES string of the molecule is Nc1nc(Cl)ccc1CN1C(=O)c2cc(I)ccc2NC(=O)C1c1ccc(Cl)cc1. The number of nitrogen functional groups attached to an aromatic ring is 1. The predicted octanol–water partition coefficient (Wildman–Crippen LogP) is 4.91. The van der Waals surface area contributed by atoms with Crippen molar-refractivity contribution < 1.29 is 9.59 Å². The van der Waals surface area contributed by atoms with Crippen LogP contribution in [0.1, 0.15) is 27.5 Å². The number of amides is 2. The molecule has 2 heterocycles. The number of carbonyl (C=O) groups excluding carboxylic acids is 2. The Morgan fingerprint density at radius 2 is 1.80 bits per heavy atom. The minimum atomic E-state index is -0.880. The van der Waals surface area contributed by atoms with Crippen molar-refractivity contribution in [1.82, 2.24) is 9.88 Å². The van der Waals surface area contributed by atoms with Gasteiger partial charge in [-0.1, -0.05) is 41.4 Å². The molecule has 4 rings (SSSR count). The first-order valence-electron chi connectivity index (χ1n) is 8.91. The summed E-state index contributed by atoms with van der Waals surface area (Å²) in [5.74, 6) is -0.417. The lowest BCUT2D eigenvalue weighted by Crippen LogP contribution is -2.38. The van der Waals surface area contributed by atoms with Gasteiger partial charge in [-0.2, -0.15) is 0 Å². The fourth-order valence-corrected chi connectivity index (χ4v) is 4.12. The van der Waals surface area contributed by atoms with E-state index in [0.717, 1.165) is 3.57 Å². The molecule has 3 aromatic rings. The van der Waals surface area contributed by atoms with Crippen molar-refractivity contribution in [2.45, 2.75) is 12.6 Å². The van der Waals surface area contributed by atoms with Gasteiger partial charge < -0.3 is 16.0 Å². The predicted molar refractivity (Wildman–Crippen MR) is 126 cm³/mol. The van der Waals surface area contributed by atoms with E-state index in [2.05, 4.69) is 32.9 Å². The van der Waals surface area contributed by atoms with Gasteiger partial charge in [0.05, 0.1) is 17.8 Å². The van der Waals surface area contributed by atoms with Gasteiger partial charge in [-0.3, -0.25) is 9.59 Å². The number of nitrogens with one attached hydrogen (secondary N) is 1. The van der Waals surface area contributed by atoms with Gasteiger partial charge >= 0.3 is 0 Å². The molecule has 1 aliphatic rings. The number of rotatable bonds is 3. The molecule has 9 heteroatoms. The number of halogens is 3. The first kappa shape index (κ1) is 20.9. The maximum absolute atomic E-state index is 13.6. The number of pyridine rings is 1. The molecular formula is C21H15Cl2IN4O2. The largest absolute Gasteiger partial charge is 0.383 e. The summed E-state index contributed by atoms with van der Waals surface area (Å²) in [7, 11) is 0. The third-order valence-electron chi connectivity index (χ3n) is 4.80. The van der Waals surface area contributed by atoms with Gasteiger partial charge in [-0.15, -0.1) is 0 Å². The Bertz CT molecular complexity index is 1150. The van der Waals surface area contributed by atoms with Crippen molar-refractivity contribution in [2.24, 2.45) is 0 Å². The first-order valence-corrected chi connectivity index (χ1v) is 10.7. The molecule has 2 aromatic carbocycles. The topological polar surface area (TPSA) is 88.3 Å². The Morgan fingerprint density at radius 3 is 2.50 bits per heavy atom. The molecule has 152 valence electrons. The van der Waals surface area contributed by atoms with Crippen molar-refractivity contribution in [3.63, 3.8) is 0 Å². The summed E-state index contributed by atoms with van der Waals surface area (Å²) in [4.78, 5) is 32.4. The molecule has 1 aromatic heterocycles. The van der Waals surface area contributed by atoms with Crippen molar-refractivity contribution in [3.8, 4) is 0 Å². The van der Waals surface area contributed by atoms with Gasteiger partial charge in [0.15, 0.2) is 0 Å². The molecule has 1 unspecified atom stereocenters. The minimum absolute atomic E-state index is 0.0838. The zero-order valence-corrected chi connectivity index (χ0v) is 19.1. The molecule has 0 radical (unpaired) electrons. The molecule has 0 bridgehead atoms. The number of hydrogen-bond donors (Lipinski definition) is 2. The highest BCUT2D eigenvalue weighted by Gasteiger charge is 2.37. The Morgan fingerprint density at radius 1 is 1.07 bits per heavy atom. The van der Waals surface area contributed by atoms with Crippen molar-refractivity contribution in [1.29, 1.82) is 0 Å². The Hall–Kier alpha value is -2.36. The summed E-state index contributed by atoms with van der Waals surface area (Å²) >= 11 is 14.1. The summed E-state index contributed by atoms with van der Waals surface area (Å²) in [5, 5.41) is 3.67. The first-order chi connectivity index (χ1) is 14.3. The molecule has 0 aliphatic carbocycles. The smallest absolute Gasteiger partial charge is 0.257 e. The highest BCUT2D eigenvalue weighted by atomic mass is 127. The van der Waals surface area contributed by atoms with Gasteiger partial charge in [0.2, 0.25) is 0 Å². The number of nitrogens with two attached hydrogens (primary N) is 1. The van der Waals surface area contributed by atoms with Gasteiger partial charge in [0.25, 0.3) is 11.8 Å².